The Morgan fingerprint density at radius 3 is 2.71 bits per heavy atom. The molecule has 0 saturated carbocycles. The molecular formula is C15H25N3O2S. The predicted molar refractivity (Wildman–Crippen MR) is 84.5 cm³/mol. The number of hydrogen-bond donors (Lipinski definition) is 1. The Morgan fingerprint density at radius 2 is 2.14 bits per heavy atom. The zero-order valence-corrected chi connectivity index (χ0v) is 14.1. The summed E-state index contributed by atoms with van der Waals surface area (Å²) >= 11 is 1.71. The molecule has 0 radical (unpaired) electrons. The predicted octanol–water partition coefficient (Wildman–Crippen LogP) is 1.78. The van der Waals surface area contributed by atoms with Crippen molar-refractivity contribution in [1.82, 2.24) is 15.2 Å². The molecule has 2 heterocycles. The highest BCUT2D eigenvalue weighted by molar-refractivity contribution is 7.11. The van der Waals surface area contributed by atoms with E-state index in [2.05, 4.69) is 31.1 Å². The summed E-state index contributed by atoms with van der Waals surface area (Å²) in [5.74, 6) is 0.152. The lowest BCUT2D eigenvalue weighted by atomic mass is 9.98. The monoisotopic (exact) mass is 311 g/mol. The number of carbonyl (C=O) groups is 1. The molecule has 1 aliphatic heterocycles. The lowest BCUT2D eigenvalue weighted by Crippen LogP contribution is -2.48. The van der Waals surface area contributed by atoms with Gasteiger partial charge in [0, 0.05) is 36.1 Å². The summed E-state index contributed by atoms with van der Waals surface area (Å²) in [6, 6.07) is -0.178. The SMILES string of the molecule is CC(NCc1cnc(C(C)(C)C)s1)C(=O)N1CCOCC1. The van der Waals surface area contributed by atoms with Crippen LogP contribution in [0.2, 0.25) is 0 Å². The Kier molecular flexibility index (Phi) is 5.35. The number of amides is 1. The van der Waals surface area contributed by atoms with Crippen molar-refractivity contribution >= 4 is 17.2 Å². The Morgan fingerprint density at radius 1 is 1.48 bits per heavy atom. The zero-order valence-electron chi connectivity index (χ0n) is 13.3. The molecule has 0 spiro atoms. The second-order valence-electron chi connectivity index (χ2n) is 6.42. The van der Waals surface area contributed by atoms with E-state index < -0.39 is 0 Å². The molecule has 1 N–H and O–H groups in total. The summed E-state index contributed by atoms with van der Waals surface area (Å²) in [7, 11) is 0. The maximum absolute atomic E-state index is 12.3. The van der Waals surface area contributed by atoms with Gasteiger partial charge >= 0.3 is 0 Å². The van der Waals surface area contributed by atoms with Crippen LogP contribution in [0.4, 0.5) is 0 Å². The van der Waals surface area contributed by atoms with Crippen molar-refractivity contribution in [2.24, 2.45) is 0 Å². The summed E-state index contributed by atoms with van der Waals surface area (Å²) in [5, 5.41) is 4.43. The van der Waals surface area contributed by atoms with Gasteiger partial charge in [-0.25, -0.2) is 4.98 Å². The van der Waals surface area contributed by atoms with E-state index in [4.69, 9.17) is 4.74 Å². The van der Waals surface area contributed by atoms with Gasteiger partial charge in [-0.2, -0.15) is 0 Å². The quantitative estimate of drug-likeness (QED) is 0.921. The van der Waals surface area contributed by atoms with E-state index >= 15 is 0 Å². The number of hydrogen-bond acceptors (Lipinski definition) is 5. The van der Waals surface area contributed by atoms with E-state index in [0.717, 1.165) is 5.01 Å². The molecule has 1 saturated heterocycles. The van der Waals surface area contributed by atoms with Crippen LogP contribution in [0.3, 0.4) is 0 Å². The van der Waals surface area contributed by atoms with E-state index in [1.807, 2.05) is 18.0 Å². The number of thiazole rings is 1. The van der Waals surface area contributed by atoms with Gasteiger partial charge in [-0.05, 0) is 6.92 Å². The van der Waals surface area contributed by atoms with Crippen molar-refractivity contribution in [3.63, 3.8) is 0 Å². The topological polar surface area (TPSA) is 54.5 Å². The second kappa shape index (κ2) is 6.85. The highest BCUT2D eigenvalue weighted by Crippen LogP contribution is 2.26. The first kappa shape index (κ1) is 16.4. The molecule has 21 heavy (non-hydrogen) atoms. The summed E-state index contributed by atoms with van der Waals surface area (Å²) in [4.78, 5) is 19.8. The van der Waals surface area contributed by atoms with Gasteiger partial charge < -0.3 is 15.0 Å². The van der Waals surface area contributed by atoms with Crippen LogP contribution in [0.5, 0.6) is 0 Å². The molecule has 1 aliphatic rings. The number of morpholine rings is 1. The Labute approximate surface area is 130 Å². The van der Waals surface area contributed by atoms with Crippen molar-refractivity contribution < 1.29 is 9.53 Å². The van der Waals surface area contributed by atoms with Gasteiger partial charge in [0.05, 0.1) is 24.3 Å². The van der Waals surface area contributed by atoms with Crippen molar-refractivity contribution in [1.29, 1.82) is 0 Å². The molecule has 1 aromatic rings. The Hall–Kier alpha value is -0.980. The summed E-state index contributed by atoms with van der Waals surface area (Å²) in [6.07, 6.45) is 1.91. The Bertz CT molecular complexity index is 476. The molecule has 118 valence electrons. The number of carbonyl (C=O) groups excluding carboxylic acids is 1. The van der Waals surface area contributed by atoms with Gasteiger partial charge in [-0.1, -0.05) is 20.8 Å². The minimum atomic E-state index is -0.178. The van der Waals surface area contributed by atoms with Crippen LogP contribution in [-0.4, -0.2) is 48.1 Å². The van der Waals surface area contributed by atoms with Crippen LogP contribution in [0, 0.1) is 0 Å². The minimum absolute atomic E-state index is 0.0815. The zero-order chi connectivity index (χ0) is 15.5. The fourth-order valence-corrected chi connectivity index (χ4v) is 3.06. The molecule has 1 unspecified atom stereocenters. The van der Waals surface area contributed by atoms with Crippen LogP contribution in [0.1, 0.15) is 37.6 Å². The molecule has 1 atom stereocenters. The molecule has 2 rings (SSSR count). The van der Waals surface area contributed by atoms with Gasteiger partial charge in [0.2, 0.25) is 5.91 Å². The van der Waals surface area contributed by atoms with Gasteiger partial charge in [0.25, 0.3) is 0 Å². The molecule has 6 heteroatoms. The molecule has 1 aromatic heterocycles. The fraction of sp³-hybridized carbons (Fsp3) is 0.733. The maximum atomic E-state index is 12.3. The molecular weight excluding hydrogens is 286 g/mol. The highest BCUT2D eigenvalue weighted by atomic mass is 32.1. The Balaban J connectivity index is 1.84. The number of aromatic nitrogens is 1. The summed E-state index contributed by atoms with van der Waals surface area (Å²) < 4.78 is 5.27. The number of nitrogens with one attached hydrogen (secondary N) is 1. The summed E-state index contributed by atoms with van der Waals surface area (Å²) in [6.45, 7) is 11.8. The van der Waals surface area contributed by atoms with Crippen LogP contribution in [0.25, 0.3) is 0 Å². The average molecular weight is 311 g/mol. The minimum Gasteiger partial charge on any atom is -0.378 e. The van der Waals surface area contributed by atoms with E-state index in [1.54, 1.807) is 11.3 Å². The van der Waals surface area contributed by atoms with E-state index in [9.17, 15) is 4.79 Å². The fourth-order valence-electron chi connectivity index (χ4n) is 2.13. The molecule has 5 nitrogen and oxygen atoms in total. The summed E-state index contributed by atoms with van der Waals surface area (Å²) in [5.41, 5.74) is 0.0815. The van der Waals surface area contributed by atoms with E-state index in [-0.39, 0.29) is 17.4 Å². The standard InChI is InChI=1S/C15H25N3O2S/c1-11(13(19)18-5-7-20-8-6-18)16-9-12-10-17-14(21-12)15(2,3)4/h10-11,16H,5-9H2,1-4H3. The average Bonchev–Trinajstić information content (AvgIpc) is 2.94. The van der Waals surface area contributed by atoms with Crippen molar-refractivity contribution in [3.05, 3.63) is 16.1 Å². The van der Waals surface area contributed by atoms with Crippen LogP contribution in [-0.2, 0) is 21.5 Å². The van der Waals surface area contributed by atoms with Crippen LogP contribution >= 0.6 is 11.3 Å². The third kappa shape index (κ3) is 4.49. The number of nitrogens with zero attached hydrogens (tertiary/aromatic N) is 2. The van der Waals surface area contributed by atoms with Crippen LogP contribution in [0.15, 0.2) is 6.20 Å². The molecule has 0 aliphatic carbocycles. The largest absolute Gasteiger partial charge is 0.378 e. The lowest BCUT2D eigenvalue weighted by molar-refractivity contribution is -0.137. The van der Waals surface area contributed by atoms with Gasteiger partial charge in [0.15, 0.2) is 0 Å². The second-order valence-corrected chi connectivity index (χ2v) is 7.54. The normalized spacial score (nSPS) is 17.8. The van der Waals surface area contributed by atoms with Crippen molar-refractivity contribution in [3.8, 4) is 0 Å². The lowest BCUT2D eigenvalue weighted by Gasteiger charge is -2.29. The van der Waals surface area contributed by atoms with Crippen molar-refractivity contribution in [2.45, 2.75) is 45.7 Å². The van der Waals surface area contributed by atoms with Crippen LogP contribution < -0.4 is 5.32 Å². The molecule has 0 bridgehead atoms. The molecule has 0 aromatic carbocycles. The first-order valence-electron chi connectivity index (χ1n) is 7.43. The van der Waals surface area contributed by atoms with Gasteiger partial charge in [0.1, 0.15) is 0 Å². The van der Waals surface area contributed by atoms with Gasteiger partial charge in [-0.3, -0.25) is 4.79 Å². The maximum Gasteiger partial charge on any atom is 0.239 e. The highest BCUT2D eigenvalue weighted by Gasteiger charge is 2.22. The first-order chi connectivity index (χ1) is 9.88. The van der Waals surface area contributed by atoms with E-state index in [1.165, 1.54) is 4.88 Å². The molecule has 1 amide bonds. The molecule has 1 fully saturated rings. The van der Waals surface area contributed by atoms with Gasteiger partial charge in [-0.15, -0.1) is 11.3 Å². The third-order valence-electron chi connectivity index (χ3n) is 3.47. The number of ether oxygens (including phenoxy) is 1. The first-order valence-corrected chi connectivity index (χ1v) is 8.24. The smallest absolute Gasteiger partial charge is 0.239 e. The number of rotatable bonds is 4. The van der Waals surface area contributed by atoms with E-state index in [0.29, 0.717) is 32.8 Å². The third-order valence-corrected chi connectivity index (χ3v) is 4.89. The van der Waals surface area contributed by atoms with Crippen molar-refractivity contribution in [2.75, 3.05) is 26.3 Å².